The second-order valence-electron chi connectivity index (χ2n) is 8.60. The molecule has 180 valence electrons. The Morgan fingerprint density at radius 3 is 2.27 bits per heavy atom. The maximum atomic E-state index is 12.5. The molecule has 0 aliphatic heterocycles. The molecule has 0 spiro atoms. The van der Waals surface area contributed by atoms with Crippen LogP contribution in [0.2, 0.25) is 0 Å². The SMILES string of the molecule is C=C[C@H](O)[C@@H](OCc1ccccc1)[C@@H](COCc1ccc(OC)cc1)NC(=O)OC(C)(C)C. The van der Waals surface area contributed by atoms with Crippen molar-refractivity contribution in [3.05, 3.63) is 78.4 Å². The minimum absolute atomic E-state index is 0.0929. The van der Waals surface area contributed by atoms with Gasteiger partial charge < -0.3 is 29.4 Å². The van der Waals surface area contributed by atoms with Crippen molar-refractivity contribution in [2.45, 2.75) is 57.8 Å². The Balaban J connectivity index is 2.11. The molecule has 0 heterocycles. The first-order valence-electron chi connectivity index (χ1n) is 10.9. The molecule has 2 aromatic rings. The Labute approximate surface area is 196 Å². The van der Waals surface area contributed by atoms with Gasteiger partial charge in [-0.05, 0) is 44.0 Å². The molecule has 0 aliphatic carbocycles. The van der Waals surface area contributed by atoms with E-state index in [1.54, 1.807) is 27.9 Å². The van der Waals surface area contributed by atoms with Gasteiger partial charge >= 0.3 is 6.09 Å². The first kappa shape index (κ1) is 26.4. The molecule has 0 aliphatic rings. The van der Waals surface area contributed by atoms with Crippen LogP contribution in [-0.2, 0) is 27.4 Å². The summed E-state index contributed by atoms with van der Waals surface area (Å²) in [6, 6.07) is 16.4. The first-order chi connectivity index (χ1) is 15.7. The van der Waals surface area contributed by atoms with E-state index in [1.165, 1.54) is 6.08 Å². The summed E-state index contributed by atoms with van der Waals surface area (Å²) in [6.07, 6.45) is -1.07. The molecule has 0 fully saturated rings. The van der Waals surface area contributed by atoms with Gasteiger partial charge in [0.05, 0.1) is 33.0 Å². The van der Waals surface area contributed by atoms with Gasteiger partial charge in [0, 0.05) is 0 Å². The zero-order valence-corrected chi connectivity index (χ0v) is 19.8. The van der Waals surface area contributed by atoms with Crippen molar-refractivity contribution < 1.29 is 28.8 Å². The molecule has 7 nitrogen and oxygen atoms in total. The van der Waals surface area contributed by atoms with Crippen LogP contribution in [0.5, 0.6) is 5.75 Å². The van der Waals surface area contributed by atoms with Crippen LogP contribution in [0.4, 0.5) is 4.79 Å². The second kappa shape index (κ2) is 13.0. The largest absolute Gasteiger partial charge is 0.497 e. The number of hydrogen-bond acceptors (Lipinski definition) is 6. The Kier molecular flexibility index (Phi) is 10.4. The first-order valence-corrected chi connectivity index (χ1v) is 10.9. The average molecular weight is 458 g/mol. The highest BCUT2D eigenvalue weighted by atomic mass is 16.6. The predicted molar refractivity (Wildman–Crippen MR) is 127 cm³/mol. The van der Waals surface area contributed by atoms with Gasteiger partial charge in [0.1, 0.15) is 23.6 Å². The minimum atomic E-state index is -1.03. The third-order valence-electron chi connectivity index (χ3n) is 4.69. The molecule has 2 rings (SSSR count). The summed E-state index contributed by atoms with van der Waals surface area (Å²) in [7, 11) is 1.61. The van der Waals surface area contributed by atoms with Crippen molar-refractivity contribution >= 4 is 6.09 Å². The van der Waals surface area contributed by atoms with Gasteiger partial charge in [-0.25, -0.2) is 4.79 Å². The van der Waals surface area contributed by atoms with Crippen LogP contribution in [0, 0.1) is 0 Å². The topological polar surface area (TPSA) is 86.3 Å². The minimum Gasteiger partial charge on any atom is -0.497 e. The van der Waals surface area contributed by atoms with Crippen molar-refractivity contribution in [2.24, 2.45) is 0 Å². The number of carbonyl (C=O) groups excluding carboxylic acids is 1. The number of nitrogens with one attached hydrogen (secondary N) is 1. The number of aliphatic hydroxyl groups is 1. The molecule has 2 aromatic carbocycles. The van der Waals surface area contributed by atoms with Gasteiger partial charge in [-0.2, -0.15) is 0 Å². The summed E-state index contributed by atoms with van der Waals surface area (Å²) in [5.41, 5.74) is 1.21. The zero-order chi connectivity index (χ0) is 24.3. The third-order valence-corrected chi connectivity index (χ3v) is 4.69. The number of alkyl carbamates (subject to hydrolysis) is 1. The number of benzene rings is 2. The van der Waals surface area contributed by atoms with Gasteiger partial charge in [0.2, 0.25) is 0 Å². The molecule has 0 saturated carbocycles. The molecule has 3 atom stereocenters. The molecule has 2 N–H and O–H groups in total. The number of methoxy groups -OCH3 is 1. The van der Waals surface area contributed by atoms with Crippen LogP contribution in [-0.4, -0.2) is 48.8 Å². The number of amides is 1. The zero-order valence-electron chi connectivity index (χ0n) is 19.8. The fourth-order valence-electron chi connectivity index (χ4n) is 3.06. The summed E-state index contributed by atoms with van der Waals surface area (Å²) >= 11 is 0. The van der Waals surface area contributed by atoms with Crippen molar-refractivity contribution in [3.63, 3.8) is 0 Å². The van der Waals surface area contributed by atoms with Crippen molar-refractivity contribution in [2.75, 3.05) is 13.7 Å². The fraction of sp³-hybridized carbons (Fsp3) is 0.423. The fourth-order valence-corrected chi connectivity index (χ4v) is 3.06. The Morgan fingerprint density at radius 2 is 1.70 bits per heavy atom. The normalized spacial score (nSPS) is 14.1. The van der Waals surface area contributed by atoms with E-state index in [0.717, 1.165) is 16.9 Å². The lowest BCUT2D eigenvalue weighted by molar-refractivity contribution is -0.0661. The van der Waals surface area contributed by atoms with Crippen LogP contribution in [0.15, 0.2) is 67.3 Å². The molecule has 0 aromatic heterocycles. The van der Waals surface area contributed by atoms with E-state index in [0.29, 0.717) is 6.61 Å². The van der Waals surface area contributed by atoms with Crippen molar-refractivity contribution in [3.8, 4) is 5.75 Å². The molecule has 0 saturated heterocycles. The number of aliphatic hydroxyl groups excluding tert-OH is 1. The van der Waals surface area contributed by atoms with Gasteiger partial charge in [-0.3, -0.25) is 0 Å². The summed E-state index contributed by atoms with van der Waals surface area (Å²) in [5, 5.41) is 13.4. The van der Waals surface area contributed by atoms with E-state index >= 15 is 0 Å². The molecular formula is C26H35NO6. The van der Waals surface area contributed by atoms with Crippen LogP contribution in [0.3, 0.4) is 0 Å². The van der Waals surface area contributed by atoms with Gasteiger partial charge in [0.15, 0.2) is 0 Å². The molecule has 33 heavy (non-hydrogen) atoms. The highest BCUT2D eigenvalue weighted by molar-refractivity contribution is 5.68. The van der Waals surface area contributed by atoms with E-state index in [4.69, 9.17) is 18.9 Å². The Hall–Kier alpha value is -2.87. The second-order valence-corrected chi connectivity index (χ2v) is 8.60. The Morgan fingerprint density at radius 1 is 1.06 bits per heavy atom. The Bertz CT molecular complexity index is 847. The van der Waals surface area contributed by atoms with Crippen LogP contribution in [0.25, 0.3) is 0 Å². The van der Waals surface area contributed by atoms with Gasteiger partial charge in [-0.1, -0.05) is 48.5 Å². The third kappa shape index (κ3) is 9.65. The summed E-state index contributed by atoms with van der Waals surface area (Å²) < 4.78 is 22.5. The summed E-state index contributed by atoms with van der Waals surface area (Å²) in [4.78, 5) is 12.5. The maximum Gasteiger partial charge on any atom is 0.408 e. The summed E-state index contributed by atoms with van der Waals surface area (Å²) in [5.74, 6) is 0.756. The number of hydrogen-bond donors (Lipinski definition) is 2. The number of carbonyl (C=O) groups is 1. The van der Waals surface area contributed by atoms with E-state index in [1.807, 2.05) is 54.6 Å². The van der Waals surface area contributed by atoms with E-state index in [-0.39, 0.29) is 13.2 Å². The lowest BCUT2D eigenvalue weighted by atomic mass is 10.1. The molecule has 0 radical (unpaired) electrons. The highest BCUT2D eigenvalue weighted by Crippen LogP contribution is 2.16. The predicted octanol–water partition coefficient (Wildman–Crippen LogP) is 4.24. The van der Waals surface area contributed by atoms with E-state index in [9.17, 15) is 9.90 Å². The van der Waals surface area contributed by atoms with Crippen LogP contribution < -0.4 is 10.1 Å². The number of rotatable bonds is 12. The number of ether oxygens (including phenoxy) is 4. The molecule has 0 unspecified atom stereocenters. The summed E-state index contributed by atoms with van der Waals surface area (Å²) in [6.45, 7) is 9.68. The van der Waals surface area contributed by atoms with Crippen LogP contribution in [0.1, 0.15) is 31.9 Å². The maximum absolute atomic E-state index is 12.5. The molecule has 0 bridgehead atoms. The monoisotopic (exact) mass is 457 g/mol. The van der Waals surface area contributed by atoms with E-state index < -0.39 is 29.9 Å². The van der Waals surface area contributed by atoms with Gasteiger partial charge in [0.25, 0.3) is 0 Å². The average Bonchev–Trinajstić information content (AvgIpc) is 2.78. The lowest BCUT2D eigenvalue weighted by Crippen LogP contribution is -2.52. The molecule has 1 amide bonds. The smallest absolute Gasteiger partial charge is 0.408 e. The van der Waals surface area contributed by atoms with Crippen LogP contribution >= 0.6 is 0 Å². The molecular weight excluding hydrogens is 422 g/mol. The van der Waals surface area contributed by atoms with Gasteiger partial charge in [-0.15, -0.1) is 6.58 Å². The van der Waals surface area contributed by atoms with Crippen molar-refractivity contribution in [1.82, 2.24) is 5.32 Å². The van der Waals surface area contributed by atoms with E-state index in [2.05, 4.69) is 11.9 Å². The lowest BCUT2D eigenvalue weighted by Gasteiger charge is -2.31. The van der Waals surface area contributed by atoms with Crippen molar-refractivity contribution in [1.29, 1.82) is 0 Å². The quantitative estimate of drug-likeness (QED) is 0.464. The molecule has 7 heteroatoms. The standard InChI is InChI=1S/C26H35NO6/c1-6-23(28)24(32-17-19-10-8-7-9-11-19)22(27-25(29)33-26(2,3)4)18-31-16-20-12-14-21(30-5)15-13-20/h6-15,22-24,28H,1,16-18H2,2-5H3,(H,27,29)/t22-,23+,24+/m1/s1. The highest BCUT2D eigenvalue weighted by Gasteiger charge is 2.31.